The zero-order chi connectivity index (χ0) is 27.4. The van der Waals surface area contributed by atoms with Crippen LogP contribution >= 0.6 is 0 Å². The highest BCUT2D eigenvalue weighted by molar-refractivity contribution is 5.95. The van der Waals surface area contributed by atoms with Gasteiger partial charge in [0.2, 0.25) is 5.75 Å². The third-order valence-corrected chi connectivity index (χ3v) is 5.87. The van der Waals surface area contributed by atoms with Gasteiger partial charge in [0.25, 0.3) is 5.91 Å². The summed E-state index contributed by atoms with van der Waals surface area (Å²) < 4.78 is 36.4. The highest BCUT2D eigenvalue weighted by atomic mass is 19.1. The Morgan fingerprint density at radius 3 is 2.46 bits per heavy atom. The fraction of sp³-hybridized carbons (Fsp3) is 0.179. The van der Waals surface area contributed by atoms with Crippen LogP contribution in [0.15, 0.2) is 66.9 Å². The van der Waals surface area contributed by atoms with Gasteiger partial charge in [0.1, 0.15) is 30.5 Å². The molecule has 11 heteroatoms. The number of nitrogens with two attached hydrogens (primary N) is 1. The lowest BCUT2D eigenvalue weighted by Crippen LogP contribution is -2.31. The summed E-state index contributed by atoms with van der Waals surface area (Å²) in [6, 6.07) is 15.4. The van der Waals surface area contributed by atoms with Crippen molar-refractivity contribution >= 4 is 28.5 Å². The van der Waals surface area contributed by atoms with Crippen molar-refractivity contribution in [3.63, 3.8) is 0 Å². The summed E-state index contributed by atoms with van der Waals surface area (Å²) in [6.45, 7) is 2.12. The molecule has 0 bridgehead atoms. The van der Waals surface area contributed by atoms with Crippen molar-refractivity contribution in [3.8, 4) is 28.7 Å². The van der Waals surface area contributed by atoms with E-state index in [9.17, 15) is 14.0 Å². The maximum absolute atomic E-state index is 13.1. The van der Waals surface area contributed by atoms with Gasteiger partial charge < -0.3 is 35.3 Å². The minimum Gasteiger partial charge on any atom is -0.485 e. The first-order chi connectivity index (χ1) is 18.9. The van der Waals surface area contributed by atoms with Gasteiger partial charge in [-0.3, -0.25) is 9.78 Å². The van der Waals surface area contributed by atoms with E-state index in [0.29, 0.717) is 58.6 Å². The Bertz CT molecular complexity index is 1510. The Morgan fingerprint density at radius 2 is 1.74 bits per heavy atom. The van der Waals surface area contributed by atoms with E-state index in [4.69, 9.17) is 24.7 Å². The molecule has 3 amide bonds. The molecule has 0 saturated heterocycles. The number of nitrogens with one attached hydrogen (secondary N) is 2. The first-order valence-electron chi connectivity index (χ1n) is 12.1. The normalized spacial score (nSPS) is 12.9. The number of fused-ring (bicyclic) bond motifs is 3. The number of hydrogen-bond donors (Lipinski definition) is 3. The second-order valence-electron chi connectivity index (χ2n) is 8.69. The fourth-order valence-electron chi connectivity index (χ4n) is 4.05. The van der Waals surface area contributed by atoms with Crippen LogP contribution in [0.4, 0.5) is 14.9 Å². The number of hydrogen-bond acceptors (Lipinski definition) is 7. The van der Waals surface area contributed by atoms with Gasteiger partial charge in [-0.15, -0.1) is 0 Å². The third kappa shape index (κ3) is 5.93. The predicted molar refractivity (Wildman–Crippen MR) is 141 cm³/mol. The number of aromatic nitrogens is 1. The van der Waals surface area contributed by atoms with Gasteiger partial charge in [0.15, 0.2) is 18.1 Å². The molecule has 4 N–H and O–H groups in total. The van der Waals surface area contributed by atoms with Crippen LogP contribution in [0.25, 0.3) is 10.9 Å². The van der Waals surface area contributed by atoms with Crippen molar-refractivity contribution < 1.29 is 32.9 Å². The molecule has 1 atom stereocenters. The summed E-state index contributed by atoms with van der Waals surface area (Å²) in [7, 11) is 0. The summed E-state index contributed by atoms with van der Waals surface area (Å²) in [5, 5.41) is 6.16. The molecule has 1 aliphatic heterocycles. The van der Waals surface area contributed by atoms with Crippen LogP contribution in [0.2, 0.25) is 0 Å². The fourth-order valence-corrected chi connectivity index (χ4v) is 4.05. The standard InChI is InChI=1S/C28H25FN4O6/c1-16(17-2-4-18(29)5-3-17)32-28(35)33-19-6-8-20(9-7-19)39-22-10-11-31-21-14-23(38-15-24(30)34)26-27(25(21)22)37-13-12-36-26/h2-11,14,16H,12-13,15H2,1H3,(H2,30,34)(H2,32,33,35)/t16-/m0/s1. The SMILES string of the molecule is C[C@H](NC(=O)Nc1ccc(Oc2ccnc3cc(OCC(N)=O)c4c(c23)OCCO4)cc1)c1ccc(F)cc1. The maximum Gasteiger partial charge on any atom is 0.319 e. The van der Waals surface area contributed by atoms with E-state index in [1.165, 1.54) is 12.1 Å². The lowest BCUT2D eigenvalue weighted by Gasteiger charge is -2.23. The van der Waals surface area contributed by atoms with E-state index in [0.717, 1.165) is 5.56 Å². The molecule has 200 valence electrons. The van der Waals surface area contributed by atoms with Crippen LogP contribution in [0, 0.1) is 5.82 Å². The lowest BCUT2D eigenvalue weighted by molar-refractivity contribution is -0.120. The number of urea groups is 1. The molecular formula is C28H25FN4O6. The second kappa shape index (κ2) is 11.1. The van der Waals surface area contributed by atoms with E-state index in [2.05, 4.69) is 15.6 Å². The topological polar surface area (TPSA) is 134 Å². The Kier molecular flexibility index (Phi) is 7.30. The molecule has 39 heavy (non-hydrogen) atoms. The number of carbonyl (C=O) groups excluding carboxylic acids is 2. The monoisotopic (exact) mass is 532 g/mol. The molecule has 2 heterocycles. The molecule has 0 radical (unpaired) electrons. The van der Waals surface area contributed by atoms with Crippen LogP contribution in [-0.4, -0.2) is 36.7 Å². The number of amides is 3. The number of benzene rings is 3. The van der Waals surface area contributed by atoms with Crippen molar-refractivity contribution in [2.24, 2.45) is 5.73 Å². The molecule has 10 nitrogen and oxygen atoms in total. The number of nitrogens with zero attached hydrogens (tertiary/aromatic N) is 1. The van der Waals surface area contributed by atoms with E-state index in [1.807, 2.05) is 6.92 Å². The number of carbonyl (C=O) groups is 2. The first-order valence-corrected chi connectivity index (χ1v) is 12.1. The zero-order valence-electron chi connectivity index (χ0n) is 20.9. The van der Waals surface area contributed by atoms with Gasteiger partial charge >= 0.3 is 6.03 Å². The summed E-state index contributed by atoms with van der Waals surface area (Å²) in [6.07, 6.45) is 1.58. The van der Waals surface area contributed by atoms with Crippen molar-refractivity contribution in [3.05, 3.63) is 78.2 Å². The van der Waals surface area contributed by atoms with Crippen molar-refractivity contribution in [2.75, 3.05) is 25.1 Å². The van der Waals surface area contributed by atoms with Crippen LogP contribution in [-0.2, 0) is 4.79 Å². The van der Waals surface area contributed by atoms with Crippen molar-refractivity contribution in [1.29, 1.82) is 0 Å². The summed E-state index contributed by atoms with van der Waals surface area (Å²) in [5.41, 5.74) is 7.06. The molecule has 0 fully saturated rings. The Balaban J connectivity index is 1.31. The molecule has 4 aromatic rings. The largest absolute Gasteiger partial charge is 0.485 e. The van der Waals surface area contributed by atoms with E-state index < -0.39 is 11.9 Å². The molecule has 0 aliphatic carbocycles. The zero-order valence-corrected chi connectivity index (χ0v) is 20.9. The smallest absolute Gasteiger partial charge is 0.319 e. The molecule has 1 aliphatic rings. The van der Waals surface area contributed by atoms with Gasteiger partial charge in [-0.25, -0.2) is 9.18 Å². The van der Waals surface area contributed by atoms with Gasteiger partial charge in [-0.1, -0.05) is 12.1 Å². The van der Waals surface area contributed by atoms with Crippen LogP contribution < -0.4 is 35.3 Å². The number of rotatable bonds is 8. The molecule has 5 rings (SSSR count). The Hall–Kier alpha value is -5.06. The van der Waals surface area contributed by atoms with E-state index in [1.54, 1.807) is 54.7 Å². The maximum atomic E-state index is 13.1. The molecule has 1 aromatic heterocycles. The van der Waals surface area contributed by atoms with Crippen LogP contribution in [0.3, 0.4) is 0 Å². The van der Waals surface area contributed by atoms with E-state index >= 15 is 0 Å². The van der Waals surface area contributed by atoms with Gasteiger partial charge in [0, 0.05) is 18.0 Å². The Labute approximate surface area is 222 Å². The summed E-state index contributed by atoms with van der Waals surface area (Å²) in [5.74, 6) is 1.05. The Morgan fingerprint density at radius 1 is 1.03 bits per heavy atom. The van der Waals surface area contributed by atoms with E-state index in [-0.39, 0.29) is 18.5 Å². The molecule has 0 saturated carbocycles. The van der Waals surface area contributed by atoms with Crippen LogP contribution in [0.1, 0.15) is 18.5 Å². The number of ether oxygens (including phenoxy) is 4. The molecular weight excluding hydrogens is 507 g/mol. The predicted octanol–water partition coefficient (Wildman–Crippen LogP) is 4.68. The van der Waals surface area contributed by atoms with Gasteiger partial charge in [-0.2, -0.15) is 0 Å². The second-order valence-corrected chi connectivity index (χ2v) is 8.69. The number of primary amides is 1. The average Bonchev–Trinajstić information content (AvgIpc) is 2.93. The number of halogens is 1. The number of anilines is 1. The van der Waals surface area contributed by atoms with Gasteiger partial charge in [-0.05, 0) is 55.0 Å². The minimum atomic E-state index is -0.622. The first kappa shape index (κ1) is 25.6. The van der Waals surface area contributed by atoms with Gasteiger partial charge in [0.05, 0.1) is 16.9 Å². The lowest BCUT2D eigenvalue weighted by atomic mass is 10.1. The third-order valence-electron chi connectivity index (χ3n) is 5.87. The molecule has 3 aromatic carbocycles. The van der Waals surface area contributed by atoms with Crippen molar-refractivity contribution in [1.82, 2.24) is 10.3 Å². The highest BCUT2D eigenvalue weighted by Gasteiger charge is 2.25. The molecule has 0 unspecified atom stereocenters. The van der Waals surface area contributed by atoms with Crippen molar-refractivity contribution in [2.45, 2.75) is 13.0 Å². The number of pyridine rings is 1. The molecule has 0 spiro atoms. The average molecular weight is 533 g/mol. The minimum absolute atomic E-state index is 0.295. The quantitative estimate of drug-likeness (QED) is 0.300. The summed E-state index contributed by atoms with van der Waals surface area (Å²) in [4.78, 5) is 28.0. The highest BCUT2D eigenvalue weighted by Crippen LogP contribution is 2.48. The van der Waals surface area contributed by atoms with Crippen LogP contribution in [0.5, 0.6) is 28.7 Å². The summed E-state index contributed by atoms with van der Waals surface area (Å²) >= 11 is 0.